The maximum Gasteiger partial charge on any atom is 0.191 e. The van der Waals surface area contributed by atoms with E-state index < -0.39 is 0 Å². The zero-order valence-corrected chi connectivity index (χ0v) is 17.7. The summed E-state index contributed by atoms with van der Waals surface area (Å²) in [6, 6.07) is 14.4. The minimum absolute atomic E-state index is 0.135. The molecule has 0 fully saturated rings. The molecule has 0 spiro atoms. The molecule has 154 valence electrons. The third-order valence-corrected chi connectivity index (χ3v) is 4.63. The number of hydrogen-bond donors (Lipinski definition) is 2. The zero-order valence-electron chi connectivity index (χ0n) is 17.7. The van der Waals surface area contributed by atoms with E-state index in [1.807, 2.05) is 40.9 Å². The maximum absolute atomic E-state index is 5.76. The molecule has 0 aliphatic carbocycles. The minimum Gasteiger partial charge on any atom is -0.493 e. The summed E-state index contributed by atoms with van der Waals surface area (Å²) in [4.78, 5) is 8.97. The minimum atomic E-state index is 0.135. The number of pyridine rings is 1. The highest BCUT2D eigenvalue weighted by atomic mass is 16.5. The summed E-state index contributed by atoms with van der Waals surface area (Å²) in [5, 5.41) is 6.81. The fourth-order valence-electron chi connectivity index (χ4n) is 3.02. The Labute approximate surface area is 173 Å². The molecule has 0 amide bonds. The molecule has 29 heavy (non-hydrogen) atoms. The van der Waals surface area contributed by atoms with Gasteiger partial charge in [-0.1, -0.05) is 32.0 Å². The Bertz CT molecular complexity index is 897. The quantitative estimate of drug-likeness (QED) is 0.451. The van der Waals surface area contributed by atoms with Gasteiger partial charge in [-0.05, 0) is 42.7 Å². The molecule has 6 heteroatoms. The average molecular weight is 394 g/mol. The molecular weight excluding hydrogens is 362 g/mol. The van der Waals surface area contributed by atoms with Crippen molar-refractivity contribution in [2.24, 2.45) is 10.9 Å². The van der Waals surface area contributed by atoms with Gasteiger partial charge in [-0.25, -0.2) is 4.98 Å². The molecule has 2 heterocycles. The normalized spacial score (nSPS) is 12.9. The third-order valence-electron chi connectivity index (χ3n) is 4.63. The lowest BCUT2D eigenvalue weighted by atomic mass is 10.1. The largest absolute Gasteiger partial charge is 0.493 e. The Morgan fingerprint density at radius 1 is 1.14 bits per heavy atom. The number of nitrogens with zero attached hydrogens (tertiary/aromatic N) is 3. The summed E-state index contributed by atoms with van der Waals surface area (Å²) in [7, 11) is 1.79. The molecule has 0 saturated carbocycles. The molecular formula is C23H31N5O. The fourth-order valence-corrected chi connectivity index (χ4v) is 3.02. The van der Waals surface area contributed by atoms with Gasteiger partial charge in [0.2, 0.25) is 0 Å². The van der Waals surface area contributed by atoms with Gasteiger partial charge in [0.25, 0.3) is 0 Å². The van der Waals surface area contributed by atoms with Crippen LogP contribution < -0.4 is 15.4 Å². The Morgan fingerprint density at radius 3 is 2.62 bits per heavy atom. The summed E-state index contributed by atoms with van der Waals surface area (Å²) in [6.07, 6.45) is 4.91. The molecule has 2 N–H and O–H groups in total. The second-order valence-electron chi connectivity index (χ2n) is 7.59. The predicted octanol–water partition coefficient (Wildman–Crippen LogP) is 3.84. The Balaban J connectivity index is 1.48. The van der Waals surface area contributed by atoms with Crippen molar-refractivity contribution >= 4 is 11.6 Å². The molecule has 6 nitrogen and oxygen atoms in total. The van der Waals surface area contributed by atoms with E-state index in [1.165, 1.54) is 5.56 Å². The topological polar surface area (TPSA) is 63.0 Å². The highest BCUT2D eigenvalue weighted by Gasteiger charge is 2.09. The van der Waals surface area contributed by atoms with Crippen molar-refractivity contribution in [3.63, 3.8) is 0 Å². The van der Waals surface area contributed by atoms with Crippen molar-refractivity contribution in [3.8, 4) is 5.75 Å². The monoisotopic (exact) mass is 393 g/mol. The third kappa shape index (κ3) is 5.98. The fraction of sp³-hybridized carbons (Fsp3) is 0.391. The van der Waals surface area contributed by atoms with Gasteiger partial charge in [0.05, 0.1) is 18.3 Å². The van der Waals surface area contributed by atoms with E-state index >= 15 is 0 Å². The molecule has 0 radical (unpaired) electrons. The molecule has 1 aromatic carbocycles. The van der Waals surface area contributed by atoms with E-state index in [1.54, 1.807) is 7.05 Å². The predicted molar refractivity (Wildman–Crippen MR) is 119 cm³/mol. The Morgan fingerprint density at radius 2 is 1.93 bits per heavy atom. The lowest BCUT2D eigenvalue weighted by Crippen LogP contribution is -2.39. The van der Waals surface area contributed by atoms with Gasteiger partial charge in [-0.2, -0.15) is 0 Å². The van der Waals surface area contributed by atoms with Crippen molar-refractivity contribution in [3.05, 3.63) is 66.1 Å². The van der Waals surface area contributed by atoms with Crippen LogP contribution in [0.15, 0.2) is 59.9 Å². The van der Waals surface area contributed by atoms with Crippen LogP contribution in [0.25, 0.3) is 5.65 Å². The molecule has 3 rings (SSSR count). The van der Waals surface area contributed by atoms with Gasteiger partial charge >= 0.3 is 0 Å². The van der Waals surface area contributed by atoms with Crippen LogP contribution in [0, 0.1) is 5.92 Å². The summed E-state index contributed by atoms with van der Waals surface area (Å²) in [5.74, 6) is 2.20. The van der Waals surface area contributed by atoms with Crippen LogP contribution in [0.3, 0.4) is 0 Å². The van der Waals surface area contributed by atoms with Crippen molar-refractivity contribution < 1.29 is 4.74 Å². The number of ether oxygens (including phenoxy) is 1. The van der Waals surface area contributed by atoms with Gasteiger partial charge in [0.15, 0.2) is 5.96 Å². The SMILES string of the molecule is CN=C(NCCc1cn2ccccc2n1)NC(C)c1ccc(OCC(C)C)cc1. The summed E-state index contributed by atoms with van der Waals surface area (Å²) in [5.41, 5.74) is 3.22. The lowest BCUT2D eigenvalue weighted by molar-refractivity contribution is 0.271. The highest BCUT2D eigenvalue weighted by Crippen LogP contribution is 2.18. The molecule has 0 aliphatic rings. The first-order valence-corrected chi connectivity index (χ1v) is 10.2. The van der Waals surface area contributed by atoms with E-state index in [0.29, 0.717) is 5.92 Å². The van der Waals surface area contributed by atoms with E-state index in [9.17, 15) is 0 Å². The Hall–Kier alpha value is -3.02. The molecule has 1 unspecified atom stereocenters. The molecule has 0 saturated heterocycles. The summed E-state index contributed by atoms with van der Waals surface area (Å²) >= 11 is 0. The van der Waals surface area contributed by atoms with Gasteiger partial charge in [-0.3, -0.25) is 4.99 Å². The van der Waals surface area contributed by atoms with Gasteiger partial charge in [-0.15, -0.1) is 0 Å². The van der Waals surface area contributed by atoms with Crippen LogP contribution in [0.5, 0.6) is 5.75 Å². The van der Waals surface area contributed by atoms with E-state index in [0.717, 1.165) is 42.6 Å². The van der Waals surface area contributed by atoms with E-state index in [-0.39, 0.29) is 6.04 Å². The molecule has 1 atom stereocenters. The number of aromatic nitrogens is 2. The molecule has 2 aromatic heterocycles. The number of fused-ring (bicyclic) bond motifs is 1. The van der Waals surface area contributed by atoms with E-state index in [2.05, 4.69) is 59.7 Å². The van der Waals surface area contributed by atoms with Crippen LogP contribution in [-0.4, -0.2) is 35.5 Å². The zero-order chi connectivity index (χ0) is 20.6. The summed E-state index contributed by atoms with van der Waals surface area (Å²) < 4.78 is 7.80. The van der Waals surface area contributed by atoms with Crippen molar-refractivity contribution in [2.45, 2.75) is 33.2 Å². The first kappa shape index (κ1) is 20.7. The Kier molecular flexibility index (Phi) is 7.11. The number of benzene rings is 1. The van der Waals surface area contributed by atoms with Crippen LogP contribution in [-0.2, 0) is 6.42 Å². The number of nitrogens with one attached hydrogen (secondary N) is 2. The molecule has 3 aromatic rings. The number of imidazole rings is 1. The number of guanidine groups is 1. The number of aliphatic imine (C=N–C) groups is 1. The van der Waals surface area contributed by atoms with Gasteiger partial charge < -0.3 is 19.8 Å². The summed E-state index contributed by atoms with van der Waals surface area (Å²) in [6.45, 7) is 7.91. The van der Waals surface area contributed by atoms with Crippen molar-refractivity contribution in [1.82, 2.24) is 20.0 Å². The van der Waals surface area contributed by atoms with Crippen LogP contribution >= 0.6 is 0 Å². The second kappa shape index (κ2) is 9.96. The van der Waals surface area contributed by atoms with Crippen LogP contribution in [0.2, 0.25) is 0 Å². The first-order valence-electron chi connectivity index (χ1n) is 10.2. The lowest BCUT2D eigenvalue weighted by Gasteiger charge is -2.18. The van der Waals surface area contributed by atoms with Crippen LogP contribution in [0.1, 0.15) is 38.1 Å². The number of rotatable bonds is 8. The number of hydrogen-bond acceptors (Lipinski definition) is 3. The van der Waals surface area contributed by atoms with Crippen molar-refractivity contribution in [1.29, 1.82) is 0 Å². The average Bonchev–Trinajstić information content (AvgIpc) is 3.14. The second-order valence-corrected chi connectivity index (χ2v) is 7.59. The highest BCUT2D eigenvalue weighted by molar-refractivity contribution is 5.80. The van der Waals surface area contributed by atoms with Gasteiger partial charge in [0.1, 0.15) is 11.4 Å². The molecule has 0 aliphatic heterocycles. The standard InChI is InChI=1S/C23H31N5O/c1-17(2)16-29-21-10-8-19(9-11-21)18(3)26-23(24-4)25-13-12-20-15-28-14-6-5-7-22(28)27-20/h5-11,14-15,17-18H,12-13,16H2,1-4H3,(H2,24,25,26). The first-order chi connectivity index (χ1) is 14.0. The molecule has 0 bridgehead atoms. The van der Waals surface area contributed by atoms with Crippen LogP contribution in [0.4, 0.5) is 0 Å². The van der Waals surface area contributed by atoms with E-state index in [4.69, 9.17) is 4.74 Å². The van der Waals surface area contributed by atoms with Gasteiger partial charge in [0, 0.05) is 32.4 Å². The maximum atomic E-state index is 5.76. The van der Waals surface area contributed by atoms with Crippen molar-refractivity contribution in [2.75, 3.05) is 20.2 Å². The smallest absolute Gasteiger partial charge is 0.191 e.